The number of amides is 2. The third-order valence-corrected chi connectivity index (χ3v) is 7.16. The van der Waals surface area contributed by atoms with Crippen LogP contribution in [0.4, 0.5) is 0 Å². The van der Waals surface area contributed by atoms with E-state index in [1.54, 1.807) is 43.3 Å². The minimum Gasteiger partial charge on any atom is -0.352 e. The van der Waals surface area contributed by atoms with Gasteiger partial charge in [-0.15, -0.1) is 0 Å². The van der Waals surface area contributed by atoms with Gasteiger partial charge in [0.2, 0.25) is 11.8 Å². The first-order chi connectivity index (χ1) is 15.3. The van der Waals surface area contributed by atoms with E-state index >= 15 is 0 Å². The molecule has 1 N–H and O–H groups in total. The van der Waals surface area contributed by atoms with Crippen molar-refractivity contribution in [2.75, 3.05) is 0 Å². The van der Waals surface area contributed by atoms with Crippen LogP contribution in [-0.4, -0.2) is 28.8 Å². The van der Waals surface area contributed by atoms with E-state index in [0.29, 0.717) is 31.2 Å². The summed E-state index contributed by atoms with van der Waals surface area (Å²) in [5, 5.41) is 4.87. The van der Waals surface area contributed by atoms with Gasteiger partial charge in [0, 0.05) is 32.7 Å². The van der Waals surface area contributed by atoms with Crippen molar-refractivity contribution in [1.29, 1.82) is 0 Å². The van der Waals surface area contributed by atoms with Gasteiger partial charge in [-0.3, -0.25) is 9.59 Å². The second-order valence-electron chi connectivity index (χ2n) is 8.15. The van der Waals surface area contributed by atoms with Crippen LogP contribution in [0.3, 0.4) is 0 Å². The molecule has 2 amide bonds. The maximum Gasteiger partial charge on any atom is 0.242 e. The molecule has 0 unspecified atom stereocenters. The molecule has 0 radical (unpaired) electrons. The Balaban J connectivity index is 1.83. The van der Waals surface area contributed by atoms with Crippen molar-refractivity contribution in [2.45, 2.75) is 64.1 Å². The zero-order chi connectivity index (χ0) is 23.3. The molecule has 0 aromatic heterocycles. The fourth-order valence-electron chi connectivity index (χ4n) is 3.94. The fraction of sp³-hybridized carbons (Fsp3) is 0.417. The lowest BCUT2D eigenvalue weighted by atomic mass is 9.95. The van der Waals surface area contributed by atoms with Crippen molar-refractivity contribution in [3.05, 3.63) is 67.6 Å². The Labute approximate surface area is 209 Å². The van der Waals surface area contributed by atoms with E-state index in [9.17, 15) is 9.59 Å². The Kier molecular flexibility index (Phi) is 9.13. The molecule has 0 bridgehead atoms. The molecule has 172 valence electrons. The van der Waals surface area contributed by atoms with Crippen molar-refractivity contribution in [3.63, 3.8) is 0 Å². The first kappa shape index (κ1) is 25.2. The van der Waals surface area contributed by atoms with Crippen molar-refractivity contribution in [1.82, 2.24) is 10.2 Å². The third-order valence-electron chi connectivity index (χ3n) is 5.86. The predicted octanol–water partition coefficient (Wildman–Crippen LogP) is 6.71. The predicted molar refractivity (Wildman–Crippen MR) is 132 cm³/mol. The van der Waals surface area contributed by atoms with E-state index < -0.39 is 6.04 Å². The smallest absolute Gasteiger partial charge is 0.242 e. The van der Waals surface area contributed by atoms with E-state index in [1.165, 1.54) is 11.3 Å². The zero-order valence-electron chi connectivity index (χ0n) is 17.8. The van der Waals surface area contributed by atoms with Gasteiger partial charge in [-0.05, 0) is 55.2 Å². The number of nitrogens with one attached hydrogen (secondary N) is 1. The number of halogens is 4. The molecule has 3 rings (SSSR count). The molecule has 1 saturated carbocycles. The average Bonchev–Trinajstić information content (AvgIpc) is 2.76. The number of carbonyl (C=O) groups excluding carboxylic acids is 2. The molecule has 32 heavy (non-hydrogen) atoms. The molecule has 1 aliphatic carbocycles. The Morgan fingerprint density at radius 1 is 1.00 bits per heavy atom. The average molecular weight is 516 g/mol. The highest BCUT2D eigenvalue weighted by Crippen LogP contribution is 2.27. The first-order valence-electron chi connectivity index (χ1n) is 10.7. The molecule has 8 heteroatoms. The molecular weight excluding hydrogens is 490 g/mol. The summed E-state index contributed by atoms with van der Waals surface area (Å²) in [7, 11) is 0. The molecule has 0 heterocycles. The lowest BCUT2D eigenvalue weighted by Gasteiger charge is -2.31. The van der Waals surface area contributed by atoms with E-state index in [0.717, 1.165) is 25.7 Å². The molecule has 1 aliphatic rings. The summed E-state index contributed by atoms with van der Waals surface area (Å²) in [6.07, 6.45) is 5.31. The summed E-state index contributed by atoms with van der Waals surface area (Å²) < 4.78 is 0. The summed E-state index contributed by atoms with van der Waals surface area (Å²) >= 11 is 24.9. The molecule has 0 aliphatic heterocycles. The van der Waals surface area contributed by atoms with Gasteiger partial charge in [0.25, 0.3) is 0 Å². The number of hydrogen-bond donors (Lipinski definition) is 1. The quantitative estimate of drug-likeness (QED) is 0.445. The second-order valence-corrected chi connectivity index (χ2v) is 9.81. The number of carbonyl (C=O) groups is 2. The van der Waals surface area contributed by atoms with E-state index in [2.05, 4.69) is 5.32 Å². The first-order valence-corrected chi connectivity index (χ1v) is 12.2. The number of rotatable bonds is 7. The van der Waals surface area contributed by atoms with Crippen molar-refractivity contribution < 1.29 is 9.59 Å². The van der Waals surface area contributed by atoms with Gasteiger partial charge in [0.1, 0.15) is 6.04 Å². The van der Waals surface area contributed by atoms with Crippen molar-refractivity contribution >= 4 is 58.2 Å². The Bertz CT molecular complexity index is 956. The van der Waals surface area contributed by atoms with Gasteiger partial charge in [-0.25, -0.2) is 0 Å². The molecule has 0 spiro atoms. The van der Waals surface area contributed by atoms with Gasteiger partial charge < -0.3 is 10.2 Å². The van der Waals surface area contributed by atoms with Crippen LogP contribution in [0.5, 0.6) is 0 Å². The summed E-state index contributed by atoms with van der Waals surface area (Å²) in [4.78, 5) is 28.0. The van der Waals surface area contributed by atoms with Crippen LogP contribution >= 0.6 is 46.4 Å². The normalized spacial score (nSPS) is 15.3. The summed E-state index contributed by atoms with van der Waals surface area (Å²) in [5.41, 5.74) is 1.24. The Morgan fingerprint density at radius 2 is 1.66 bits per heavy atom. The number of hydrogen-bond acceptors (Lipinski definition) is 2. The van der Waals surface area contributed by atoms with E-state index in [4.69, 9.17) is 46.4 Å². The summed E-state index contributed by atoms with van der Waals surface area (Å²) in [6, 6.07) is 9.65. The summed E-state index contributed by atoms with van der Waals surface area (Å²) in [6.45, 7) is 1.89. The third kappa shape index (κ3) is 6.54. The zero-order valence-corrected chi connectivity index (χ0v) is 20.9. The number of nitrogens with zero attached hydrogens (tertiary/aromatic N) is 1. The van der Waals surface area contributed by atoms with Gasteiger partial charge in [-0.2, -0.15) is 0 Å². The molecular formula is C24H26Cl4N2O2. The second kappa shape index (κ2) is 11.6. The fourth-order valence-corrected chi connectivity index (χ4v) is 4.94. The largest absolute Gasteiger partial charge is 0.352 e. The van der Waals surface area contributed by atoms with E-state index in [-0.39, 0.29) is 30.8 Å². The van der Waals surface area contributed by atoms with Crippen LogP contribution in [0.15, 0.2) is 36.4 Å². The molecule has 2 aromatic rings. The minimum atomic E-state index is -0.697. The van der Waals surface area contributed by atoms with E-state index in [1.807, 2.05) is 0 Å². The van der Waals surface area contributed by atoms with Gasteiger partial charge >= 0.3 is 0 Å². The molecule has 1 fully saturated rings. The van der Waals surface area contributed by atoms with Gasteiger partial charge in [0.05, 0.1) is 6.42 Å². The van der Waals surface area contributed by atoms with Crippen LogP contribution in [-0.2, 0) is 22.6 Å². The van der Waals surface area contributed by atoms with Crippen LogP contribution in [0.1, 0.15) is 50.2 Å². The van der Waals surface area contributed by atoms with Crippen LogP contribution in [0.2, 0.25) is 20.1 Å². The van der Waals surface area contributed by atoms with Crippen molar-refractivity contribution in [3.8, 4) is 0 Å². The minimum absolute atomic E-state index is 0.0231. The standard InChI is InChI=1S/C24H26Cl4N2O2/c1-15(24(32)29-18-6-3-2-4-7-18)30(14-16-10-11-17(25)12-22(16)28)23(31)13-19-20(26)8-5-9-21(19)27/h5,8-12,15,18H,2-4,6-7,13-14H2,1H3,(H,29,32)/t15-/m1/s1. The highest BCUT2D eigenvalue weighted by Gasteiger charge is 2.29. The molecule has 4 nitrogen and oxygen atoms in total. The van der Waals surface area contributed by atoms with Gasteiger partial charge in [0.15, 0.2) is 0 Å². The number of benzene rings is 2. The molecule has 1 atom stereocenters. The van der Waals surface area contributed by atoms with Gasteiger partial charge in [-0.1, -0.05) is 77.8 Å². The van der Waals surface area contributed by atoms with Crippen LogP contribution in [0, 0.1) is 0 Å². The Hall–Kier alpha value is -1.46. The summed E-state index contributed by atoms with van der Waals surface area (Å²) in [5.74, 6) is -0.446. The molecule has 0 saturated heterocycles. The van der Waals surface area contributed by atoms with Crippen LogP contribution < -0.4 is 5.32 Å². The highest BCUT2D eigenvalue weighted by atomic mass is 35.5. The lowest BCUT2D eigenvalue weighted by molar-refractivity contribution is -0.140. The highest BCUT2D eigenvalue weighted by molar-refractivity contribution is 6.36. The van der Waals surface area contributed by atoms with Crippen LogP contribution in [0.25, 0.3) is 0 Å². The maximum absolute atomic E-state index is 13.4. The topological polar surface area (TPSA) is 49.4 Å². The monoisotopic (exact) mass is 514 g/mol. The lowest BCUT2D eigenvalue weighted by Crippen LogP contribution is -2.50. The van der Waals surface area contributed by atoms with Crippen molar-refractivity contribution in [2.24, 2.45) is 0 Å². The Morgan fingerprint density at radius 3 is 2.28 bits per heavy atom. The molecule has 2 aromatic carbocycles. The SMILES string of the molecule is C[C@H](C(=O)NC1CCCCC1)N(Cc1ccc(Cl)cc1Cl)C(=O)Cc1c(Cl)cccc1Cl. The maximum atomic E-state index is 13.4.